The smallest absolute Gasteiger partial charge is 0.342 e. The lowest BCUT2D eigenvalue weighted by atomic mass is 10.00. The van der Waals surface area contributed by atoms with Crippen LogP contribution in [0.5, 0.6) is 11.5 Å². The molecule has 31 heavy (non-hydrogen) atoms. The molecule has 2 atom stereocenters. The largest absolute Gasteiger partial charge is 0.508 e. The molecule has 1 heterocycles. The second-order valence-corrected chi connectivity index (χ2v) is 8.30. The summed E-state index contributed by atoms with van der Waals surface area (Å²) in [4.78, 5) is 12.6. The van der Waals surface area contributed by atoms with Gasteiger partial charge in [-0.3, -0.25) is 0 Å². The minimum atomic E-state index is -0.556. The van der Waals surface area contributed by atoms with Crippen molar-refractivity contribution in [1.82, 2.24) is 5.32 Å². The Hall–Kier alpha value is -2.79. The van der Waals surface area contributed by atoms with Crippen LogP contribution in [0.3, 0.4) is 0 Å². The predicted octanol–water partition coefficient (Wildman–Crippen LogP) is 5.21. The molecule has 5 heteroatoms. The van der Waals surface area contributed by atoms with Gasteiger partial charge in [0.15, 0.2) is 0 Å². The zero-order valence-corrected chi connectivity index (χ0v) is 18.2. The van der Waals surface area contributed by atoms with Crippen LogP contribution in [0.2, 0.25) is 0 Å². The molecule has 0 saturated heterocycles. The lowest BCUT2D eigenvalue weighted by molar-refractivity contribution is 0.0315. The van der Waals surface area contributed by atoms with Gasteiger partial charge >= 0.3 is 5.97 Å². The van der Waals surface area contributed by atoms with Gasteiger partial charge < -0.3 is 20.3 Å². The van der Waals surface area contributed by atoms with E-state index >= 15 is 0 Å². The molecule has 0 radical (unpaired) electrons. The highest BCUT2D eigenvalue weighted by molar-refractivity contribution is 5.97. The van der Waals surface area contributed by atoms with Crippen LogP contribution in [0.1, 0.15) is 66.9 Å². The number of rotatable bonds is 4. The van der Waals surface area contributed by atoms with E-state index in [4.69, 9.17) is 4.74 Å². The Morgan fingerprint density at radius 3 is 2.65 bits per heavy atom. The summed E-state index contributed by atoms with van der Waals surface area (Å²) in [5, 5.41) is 23.7. The molecule has 5 nitrogen and oxygen atoms in total. The molecule has 0 aromatic heterocycles. The number of fused-ring (bicyclic) bond motifs is 1. The summed E-state index contributed by atoms with van der Waals surface area (Å²) in [5.41, 5.74) is 1.92. The molecule has 0 bridgehead atoms. The summed E-state index contributed by atoms with van der Waals surface area (Å²) in [6, 6.07) is 13.6. The molecule has 2 aromatic carbocycles. The molecule has 3 rings (SSSR count). The maximum absolute atomic E-state index is 12.6. The SMILES string of the molecule is C[C@H]1CCCC(NCCc2ccccc2)CCC/C=C/c2cc(O)cc(O)c2C(=O)O1. The van der Waals surface area contributed by atoms with Crippen molar-refractivity contribution >= 4 is 12.0 Å². The second-order valence-electron chi connectivity index (χ2n) is 8.30. The fourth-order valence-electron chi connectivity index (χ4n) is 4.05. The number of nitrogens with one attached hydrogen (secondary N) is 1. The zero-order valence-electron chi connectivity index (χ0n) is 18.2. The number of aromatic hydroxyl groups is 2. The Kier molecular flexibility index (Phi) is 8.53. The minimum Gasteiger partial charge on any atom is -0.508 e. The van der Waals surface area contributed by atoms with Gasteiger partial charge in [-0.25, -0.2) is 4.79 Å². The van der Waals surface area contributed by atoms with Crippen LogP contribution in [0, 0.1) is 0 Å². The molecule has 0 spiro atoms. The van der Waals surface area contributed by atoms with E-state index in [0.717, 1.165) is 51.5 Å². The maximum atomic E-state index is 12.6. The standard InChI is InChI=1S/C26H33NO4/c1-19-9-8-14-22(27-16-15-20-10-4-2-5-11-20)13-7-3-6-12-21-17-23(28)18-24(29)25(21)26(30)31-19/h2,4-6,10-12,17-19,22,27-29H,3,7-9,13-16H2,1H3/b12-6+/t19-,22?/m0/s1. The first kappa shape index (κ1) is 22.9. The number of phenols is 2. The van der Waals surface area contributed by atoms with Gasteiger partial charge in [0.05, 0.1) is 6.10 Å². The van der Waals surface area contributed by atoms with Crippen LogP contribution in [-0.2, 0) is 11.2 Å². The van der Waals surface area contributed by atoms with Gasteiger partial charge in [0.2, 0.25) is 0 Å². The maximum Gasteiger partial charge on any atom is 0.342 e. The molecular weight excluding hydrogens is 390 g/mol. The Morgan fingerprint density at radius 2 is 1.84 bits per heavy atom. The van der Waals surface area contributed by atoms with E-state index in [0.29, 0.717) is 11.6 Å². The number of benzene rings is 2. The van der Waals surface area contributed by atoms with Crippen molar-refractivity contribution in [2.45, 2.75) is 64.0 Å². The van der Waals surface area contributed by atoms with Crippen molar-refractivity contribution in [2.24, 2.45) is 0 Å². The summed E-state index contributed by atoms with van der Waals surface area (Å²) >= 11 is 0. The number of ether oxygens (including phenoxy) is 1. The average molecular weight is 424 g/mol. The summed E-state index contributed by atoms with van der Waals surface area (Å²) < 4.78 is 5.58. The van der Waals surface area contributed by atoms with Gasteiger partial charge in [-0.05, 0) is 75.6 Å². The first-order valence-electron chi connectivity index (χ1n) is 11.2. The average Bonchev–Trinajstić information content (AvgIpc) is 2.72. The molecule has 2 aromatic rings. The van der Waals surface area contributed by atoms with E-state index in [9.17, 15) is 15.0 Å². The molecule has 1 unspecified atom stereocenters. The lowest BCUT2D eigenvalue weighted by Gasteiger charge is -2.21. The van der Waals surface area contributed by atoms with E-state index in [1.807, 2.05) is 19.1 Å². The minimum absolute atomic E-state index is 0.0782. The highest BCUT2D eigenvalue weighted by Crippen LogP contribution is 2.30. The molecule has 0 amide bonds. The quantitative estimate of drug-likeness (QED) is 0.588. The van der Waals surface area contributed by atoms with Gasteiger partial charge in [0, 0.05) is 12.1 Å². The lowest BCUT2D eigenvalue weighted by Crippen LogP contribution is -2.31. The molecule has 0 aliphatic carbocycles. The zero-order chi connectivity index (χ0) is 22.1. The topological polar surface area (TPSA) is 78.8 Å². The van der Waals surface area contributed by atoms with Crippen molar-refractivity contribution in [1.29, 1.82) is 0 Å². The van der Waals surface area contributed by atoms with Crippen LogP contribution >= 0.6 is 0 Å². The predicted molar refractivity (Wildman–Crippen MR) is 123 cm³/mol. The van der Waals surface area contributed by atoms with Gasteiger partial charge in [0.25, 0.3) is 0 Å². The Labute approximate surface area is 184 Å². The highest BCUT2D eigenvalue weighted by Gasteiger charge is 2.21. The molecule has 1 aliphatic rings. The van der Waals surface area contributed by atoms with Gasteiger partial charge in [-0.1, -0.05) is 42.5 Å². The monoisotopic (exact) mass is 423 g/mol. The van der Waals surface area contributed by atoms with Gasteiger partial charge in [-0.2, -0.15) is 0 Å². The van der Waals surface area contributed by atoms with Crippen molar-refractivity contribution in [3.8, 4) is 11.5 Å². The van der Waals surface area contributed by atoms with E-state index in [2.05, 4.69) is 29.6 Å². The van der Waals surface area contributed by atoms with Crippen LogP contribution < -0.4 is 5.32 Å². The van der Waals surface area contributed by atoms with Gasteiger partial charge in [0.1, 0.15) is 17.1 Å². The number of cyclic esters (lactones) is 1. The summed E-state index contributed by atoms with van der Waals surface area (Å²) in [7, 11) is 0. The Bertz CT molecular complexity index is 878. The summed E-state index contributed by atoms with van der Waals surface area (Å²) in [5.74, 6) is -0.892. The number of allylic oxidation sites excluding steroid dienone is 1. The third-order valence-corrected chi connectivity index (χ3v) is 5.72. The van der Waals surface area contributed by atoms with E-state index < -0.39 is 5.97 Å². The van der Waals surface area contributed by atoms with Crippen LogP contribution in [0.25, 0.3) is 6.08 Å². The van der Waals surface area contributed by atoms with Crippen molar-refractivity contribution in [3.63, 3.8) is 0 Å². The summed E-state index contributed by atoms with van der Waals surface area (Å²) in [6.45, 7) is 2.83. The molecular formula is C26H33NO4. The van der Waals surface area contributed by atoms with Gasteiger partial charge in [-0.15, -0.1) is 0 Å². The first-order valence-corrected chi connectivity index (χ1v) is 11.2. The van der Waals surface area contributed by atoms with E-state index in [1.165, 1.54) is 17.7 Å². The van der Waals surface area contributed by atoms with Crippen molar-refractivity contribution in [2.75, 3.05) is 6.54 Å². The van der Waals surface area contributed by atoms with Crippen molar-refractivity contribution in [3.05, 3.63) is 65.2 Å². The number of hydrogen-bond acceptors (Lipinski definition) is 5. The number of esters is 1. The number of phenolic OH excluding ortho intramolecular Hbond substituents is 2. The molecule has 3 N–H and O–H groups in total. The van der Waals surface area contributed by atoms with Crippen LogP contribution in [0.15, 0.2) is 48.5 Å². The molecule has 0 fully saturated rings. The molecule has 166 valence electrons. The Morgan fingerprint density at radius 1 is 1.06 bits per heavy atom. The van der Waals surface area contributed by atoms with Crippen molar-refractivity contribution < 1.29 is 19.7 Å². The number of carbonyl (C=O) groups is 1. The first-order chi connectivity index (χ1) is 15.0. The molecule has 0 saturated carbocycles. The Balaban J connectivity index is 1.65. The summed E-state index contributed by atoms with van der Waals surface area (Å²) in [6.07, 6.45) is 10.3. The van der Waals surface area contributed by atoms with E-state index in [1.54, 1.807) is 6.08 Å². The van der Waals surface area contributed by atoms with Crippen LogP contribution in [0.4, 0.5) is 0 Å². The third kappa shape index (κ3) is 7.14. The third-order valence-electron chi connectivity index (χ3n) is 5.72. The van der Waals surface area contributed by atoms with E-state index in [-0.39, 0.29) is 23.2 Å². The fourth-order valence-corrected chi connectivity index (χ4v) is 4.05. The normalized spacial score (nSPS) is 21.5. The fraction of sp³-hybridized carbons (Fsp3) is 0.423. The number of carbonyl (C=O) groups excluding carboxylic acids is 1. The highest BCUT2D eigenvalue weighted by atomic mass is 16.5. The molecule has 1 aliphatic heterocycles. The second kappa shape index (κ2) is 11.6. The number of hydrogen-bond donors (Lipinski definition) is 3. The van der Waals surface area contributed by atoms with Crippen LogP contribution in [-0.4, -0.2) is 34.9 Å².